The number of halogens is 1. The van der Waals surface area contributed by atoms with Crippen LogP contribution in [0, 0.1) is 0 Å². The van der Waals surface area contributed by atoms with Crippen LogP contribution in [0.3, 0.4) is 0 Å². The van der Waals surface area contributed by atoms with Gasteiger partial charge in [-0.3, -0.25) is 4.79 Å². The zero-order valence-electron chi connectivity index (χ0n) is 16.2. The van der Waals surface area contributed by atoms with Gasteiger partial charge in [-0.15, -0.1) is 0 Å². The van der Waals surface area contributed by atoms with E-state index in [4.69, 9.17) is 16.3 Å². The van der Waals surface area contributed by atoms with Crippen LogP contribution in [-0.2, 0) is 14.8 Å². The lowest BCUT2D eigenvalue weighted by molar-refractivity contribution is -0.116. The van der Waals surface area contributed by atoms with E-state index >= 15 is 0 Å². The standard InChI is InChI=1S/C19H24ClN3O4S/c1-5-27-17-11-10-16(12-18(17)28(25,26)23(3)4)21-13(2)19(24)22-15-8-6-14(20)7-9-15/h6-13,21H,5H2,1-4H3,(H,22,24). The number of benzene rings is 2. The number of nitrogens with one attached hydrogen (secondary N) is 2. The fourth-order valence-corrected chi connectivity index (χ4v) is 3.55. The zero-order chi connectivity index (χ0) is 20.9. The number of carbonyl (C=O) groups is 1. The first-order chi connectivity index (χ1) is 13.1. The first kappa shape index (κ1) is 22.0. The van der Waals surface area contributed by atoms with Crippen molar-refractivity contribution in [2.24, 2.45) is 0 Å². The van der Waals surface area contributed by atoms with Gasteiger partial charge in [0.05, 0.1) is 6.61 Å². The molecule has 1 unspecified atom stereocenters. The molecule has 7 nitrogen and oxygen atoms in total. The van der Waals surface area contributed by atoms with Crippen molar-refractivity contribution in [2.75, 3.05) is 31.3 Å². The van der Waals surface area contributed by atoms with E-state index in [1.54, 1.807) is 50.2 Å². The Morgan fingerprint density at radius 3 is 2.32 bits per heavy atom. The molecule has 0 spiro atoms. The van der Waals surface area contributed by atoms with Gasteiger partial charge in [0, 0.05) is 30.5 Å². The third kappa shape index (κ3) is 5.37. The average Bonchev–Trinajstić information content (AvgIpc) is 2.64. The van der Waals surface area contributed by atoms with Crippen molar-refractivity contribution in [1.29, 1.82) is 0 Å². The number of hydrogen-bond donors (Lipinski definition) is 2. The molecule has 0 aliphatic carbocycles. The maximum Gasteiger partial charge on any atom is 0.246 e. The summed E-state index contributed by atoms with van der Waals surface area (Å²) < 4.78 is 31.8. The molecule has 9 heteroatoms. The highest BCUT2D eigenvalue weighted by Crippen LogP contribution is 2.29. The molecule has 2 aromatic carbocycles. The van der Waals surface area contributed by atoms with E-state index in [0.29, 0.717) is 23.0 Å². The molecule has 1 atom stereocenters. The van der Waals surface area contributed by atoms with Crippen molar-refractivity contribution in [1.82, 2.24) is 4.31 Å². The van der Waals surface area contributed by atoms with E-state index in [0.717, 1.165) is 4.31 Å². The molecule has 2 rings (SSSR count). The number of ether oxygens (including phenoxy) is 1. The minimum Gasteiger partial charge on any atom is -0.492 e. The second-order valence-corrected chi connectivity index (χ2v) is 8.80. The van der Waals surface area contributed by atoms with Gasteiger partial charge in [0.25, 0.3) is 0 Å². The molecule has 152 valence electrons. The number of hydrogen-bond acceptors (Lipinski definition) is 5. The Bertz CT molecular complexity index is 931. The zero-order valence-corrected chi connectivity index (χ0v) is 17.8. The summed E-state index contributed by atoms with van der Waals surface area (Å²) >= 11 is 5.84. The van der Waals surface area contributed by atoms with Crippen molar-refractivity contribution in [3.8, 4) is 5.75 Å². The second-order valence-electron chi connectivity index (χ2n) is 6.24. The molecule has 2 N–H and O–H groups in total. The third-order valence-corrected chi connectivity index (χ3v) is 5.98. The highest BCUT2D eigenvalue weighted by molar-refractivity contribution is 7.89. The normalized spacial score (nSPS) is 12.5. The first-order valence-corrected chi connectivity index (χ1v) is 10.5. The van der Waals surface area contributed by atoms with Crippen LogP contribution in [0.4, 0.5) is 11.4 Å². The summed E-state index contributed by atoms with van der Waals surface area (Å²) in [6, 6.07) is 10.9. The smallest absolute Gasteiger partial charge is 0.246 e. The van der Waals surface area contributed by atoms with E-state index in [9.17, 15) is 13.2 Å². The molecule has 28 heavy (non-hydrogen) atoms. The van der Waals surface area contributed by atoms with Crippen molar-refractivity contribution in [3.05, 3.63) is 47.5 Å². The van der Waals surface area contributed by atoms with Crippen LogP contribution < -0.4 is 15.4 Å². The predicted octanol–water partition coefficient (Wildman–Crippen LogP) is 3.43. The fourth-order valence-electron chi connectivity index (χ4n) is 2.37. The predicted molar refractivity (Wildman–Crippen MR) is 112 cm³/mol. The topological polar surface area (TPSA) is 87.7 Å². The number of sulfonamides is 1. The minimum atomic E-state index is -3.71. The quantitative estimate of drug-likeness (QED) is 0.676. The van der Waals surface area contributed by atoms with Gasteiger partial charge in [-0.2, -0.15) is 0 Å². The SMILES string of the molecule is CCOc1ccc(NC(C)C(=O)Nc2ccc(Cl)cc2)cc1S(=O)(=O)N(C)C. The highest BCUT2D eigenvalue weighted by atomic mass is 35.5. The molecule has 0 aliphatic heterocycles. The molecule has 1 amide bonds. The van der Waals surface area contributed by atoms with Gasteiger partial charge in [0.2, 0.25) is 15.9 Å². The summed E-state index contributed by atoms with van der Waals surface area (Å²) in [6.45, 7) is 3.80. The Kier molecular flexibility index (Phi) is 7.29. The number of nitrogens with zero attached hydrogens (tertiary/aromatic N) is 1. The van der Waals surface area contributed by atoms with Crippen LogP contribution in [0.1, 0.15) is 13.8 Å². The van der Waals surface area contributed by atoms with Gasteiger partial charge in [-0.1, -0.05) is 11.6 Å². The van der Waals surface area contributed by atoms with E-state index in [1.165, 1.54) is 20.2 Å². The Morgan fingerprint density at radius 1 is 1.14 bits per heavy atom. The number of carbonyl (C=O) groups excluding carboxylic acids is 1. The Labute approximate surface area is 170 Å². The van der Waals surface area contributed by atoms with Gasteiger partial charge < -0.3 is 15.4 Å². The van der Waals surface area contributed by atoms with E-state index < -0.39 is 16.1 Å². The van der Waals surface area contributed by atoms with Gasteiger partial charge in [-0.25, -0.2) is 12.7 Å². The Balaban J connectivity index is 2.20. The molecule has 0 radical (unpaired) electrons. The monoisotopic (exact) mass is 425 g/mol. The van der Waals surface area contributed by atoms with Crippen LogP contribution in [-0.4, -0.2) is 45.4 Å². The van der Waals surface area contributed by atoms with E-state index in [1.807, 2.05) is 0 Å². The molecule has 0 aliphatic rings. The van der Waals surface area contributed by atoms with Crippen molar-refractivity contribution >= 4 is 38.9 Å². The number of rotatable bonds is 8. The highest BCUT2D eigenvalue weighted by Gasteiger charge is 2.23. The van der Waals surface area contributed by atoms with Gasteiger partial charge in [-0.05, 0) is 56.3 Å². The molecule has 0 heterocycles. The fraction of sp³-hybridized carbons (Fsp3) is 0.316. The molecule has 2 aromatic rings. The largest absolute Gasteiger partial charge is 0.492 e. The van der Waals surface area contributed by atoms with Crippen LogP contribution in [0.2, 0.25) is 5.02 Å². The maximum absolute atomic E-state index is 12.6. The van der Waals surface area contributed by atoms with Crippen LogP contribution >= 0.6 is 11.6 Å². The summed E-state index contributed by atoms with van der Waals surface area (Å²) in [7, 11) is -0.802. The molecule has 0 fully saturated rings. The van der Waals surface area contributed by atoms with Gasteiger partial charge >= 0.3 is 0 Å². The second kappa shape index (κ2) is 9.27. The minimum absolute atomic E-state index is 0.0367. The summed E-state index contributed by atoms with van der Waals surface area (Å²) in [5.41, 5.74) is 1.10. The lowest BCUT2D eigenvalue weighted by Crippen LogP contribution is -2.32. The summed E-state index contributed by atoms with van der Waals surface area (Å²) in [5.74, 6) is -0.00626. The molecular formula is C19H24ClN3O4S. The van der Waals surface area contributed by atoms with Gasteiger partial charge in [0.1, 0.15) is 16.7 Å². The number of amides is 1. The lowest BCUT2D eigenvalue weighted by Gasteiger charge is -2.19. The Hall–Kier alpha value is -2.29. The third-order valence-electron chi connectivity index (χ3n) is 3.89. The van der Waals surface area contributed by atoms with Gasteiger partial charge in [0.15, 0.2) is 0 Å². The first-order valence-electron chi connectivity index (χ1n) is 8.67. The van der Waals surface area contributed by atoms with Crippen LogP contribution in [0.25, 0.3) is 0 Å². The molecule has 0 saturated heterocycles. The summed E-state index contributed by atoms with van der Waals surface area (Å²) in [5, 5.41) is 6.37. The molecule has 0 bridgehead atoms. The van der Waals surface area contributed by atoms with Crippen LogP contribution in [0.15, 0.2) is 47.4 Å². The van der Waals surface area contributed by atoms with Crippen LogP contribution in [0.5, 0.6) is 5.75 Å². The Morgan fingerprint density at radius 2 is 1.75 bits per heavy atom. The molecule has 0 saturated carbocycles. The van der Waals surface area contributed by atoms with Crippen molar-refractivity contribution in [3.63, 3.8) is 0 Å². The lowest BCUT2D eigenvalue weighted by atomic mass is 10.2. The molecular weight excluding hydrogens is 402 g/mol. The summed E-state index contributed by atoms with van der Waals surface area (Å²) in [4.78, 5) is 12.4. The maximum atomic E-state index is 12.6. The average molecular weight is 426 g/mol. The summed E-state index contributed by atoms with van der Waals surface area (Å²) in [6.07, 6.45) is 0. The van der Waals surface area contributed by atoms with Crippen molar-refractivity contribution in [2.45, 2.75) is 24.8 Å². The van der Waals surface area contributed by atoms with E-state index in [2.05, 4.69) is 10.6 Å². The van der Waals surface area contributed by atoms with E-state index in [-0.39, 0.29) is 16.6 Å². The molecule has 0 aromatic heterocycles. The number of anilines is 2. The van der Waals surface area contributed by atoms with Crippen molar-refractivity contribution < 1.29 is 17.9 Å².